The van der Waals surface area contributed by atoms with Crippen LogP contribution >= 0.6 is 11.3 Å². The van der Waals surface area contributed by atoms with Crippen molar-refractivity contribution >= 4 is 11.3 Å². The first-order chi connectivity index (χ1) is 8.72. The van der Waals surface area contributed by atoms with Gasteiger partial charge in [-0.15, -0.1) is 11.3 Å². The molecule has 1 N–H and O–H groups in total. The largest absolute Gasteiger partial charge is 0.314 e. The minimum absolute atomic E-state index is 0.648. The van der Waals surface area contributed by atoms with Crippen molar-refractivity contribution < 1.29 is 0 Å². The molecule has 2 rings (SSSR count). The van der Waals surface area contributed by atoms with Gasteiger partial charge in [0.15, 0.2) is 0 Å². The Morgan fingerprint density at radius 1 is 1.50 bits per heavy atom. The average Bonchev–Trinajstić information content (AvgIpc) is 2.87. The van der Waals surface area contributed by atoms with Gasteiger partial charge in [-0.05, 0) is 32.2 Å². The first-order valence-electron chi connectivity index (χ1n) is 7.07. The number of aromatic nitrogens is 1. The summed E-state index contributed by atoms with van der Waals surface area (Å²) in [5, 5.41) is 3.69. The Morgan fingerprint density at radius 3 is 3.00 bits per heavy atom. The van der Waals surface area contributed by atoms with Crippen LogP contribution in [0, 0.1) is 5.92 Å². The first-order valence-corrected chi connectivity index (χ1v) is 7.95. The van der Waals surface area contributed by atoms with E-state index in [4.69, 9.17) is 0 Å². The highest BCUT2D eigenvalue weighted by atomic mass is 32.1. The van der Waals surface area contributed by atoms with Gasteiger partial charge in [0.2, 0.25) is 0 Å². The van der Waals surface area contributed by atoms with Crippen molar-refractivity contribution in [3.63, 3.8) is 0 Å². The second-order valence-corrected chi connectivity index (χ2v) is 6.36. The summed E-state index contributed by atoms with van der Waals surface area (Å²) in [5.41, 5.74) is 1.93. The molecule has 1 aliphatic heterocycles. The topological polar surface area (TPSA) is 28.2 Å². The summed E-state index contributed by atoms with van der Waals surface area (Å²) in [4.78, 5) is 8.15. The summed E-state index contributed by atoms with van der Waals surface area (Å²) in [6.45, 7) is 10.4. The first kappa shape index (κ1) is 14.0. The molecule has 3 atom stereocenters. The van der Waals surface area contributed by atoms with Crippen LogP contribution in [0.1, 0.15) is 38.5 Å². The van der Waals surface area contributed by atoms with E-state index in [0.717, 1.165) is 19.0 Å². The summed E-state index contributed by atoms with van der Waals surface area (Å²) >= 11 is 1.77. The fraction of sp³-hybridized carbons (Fsp3) is 0.786. The smallest absolute Gasteiger partial charge is 0.0794 e. The molecule has 1 aliphatic rings. The van der Waals surface area contributed by atoms with Gasteiger partial charge in [0, 0.05) is 36.2 Å². The van der Waals surface area contributed by atoms with Gasteiger partial charge < -0.3 is 5.32 Å². The molecular formula is C14H25N3S. The lowest BCUT2D eigenvalue weighted by atomic mass is 9.87. The molecule has 0 saturated carbocycles. The Balaban J connectivity index is 1.89. The van der Waals surface area contributed by atoms with Gasteiger partial charge in [-0.25, -0.2) is 0 Å². The fourth-order valence-electron chi connectivity index (χ4n) is 2.80. The molecule has 3 nitrogen and oxygen atoms in total. The molecule has 1 saturated heterocycles. The number of piperidine rings is 1. The molecule has 102 valence electrons. The van der Waals surface area contributed by atoms with Crippen LogP contribution in [0.5, 0.6) is 0 Å². The SMILES string of the molecule is CCCNC1CCN(Cc2cncs2)C(C)C1C. The molecule has 0 aliphatic carbocycles. The van der Waals surface area contributed by atoms with Crippen LogP contribution in [0.25, 0.3) is 0 Å². The monoisotopic (exact) mass is 267 g/mol. The van der Waals surface area contributed by atoms with Crippen LogP contribution in [-0.2, 0) is 6.54 Å². The van der Waals surface area contributed by atoms with Gasteiger partial charge in [0.25, 0.3) is 0 Å². The molecule has 1 fully saturated rings. The maximum atomic E-state index is 4.17. The number of nitrogens with one attached hydrogen (secondary N) is 1. The van der Waals surface area contributed by atoms with Gasteiger partial charge in [0.05, 0.1) is 5.51 Å². The van der Waals surface area contributed by atoms with Crippen LogP contribution in [-0.4, -0.2) is 35.1 Å². The predicted molar refractivity (Wildman–Crippen MR) is 77.8 cm³/mol. The van der Waals surface area contributed by atoms with Crippen molar-refractivity contribution in [2.24, 2.45) is 5.92 Å². The average molecular weight is 267 g/mol. The van der Waals surface area contributed by atoms with Crippen LogP contribution < -0.4 is 5.32 Å². The van der Waals surface area contributed by atoms with Crippen molar-refractivity contribution in [2.75, 3.05) is 13.1 Å². The van der Waals surface area contributed by atoms with Gasteiger partial charge in [-0.3, -0.25) is 9.88 Å². The Bertz CT molecular complexity index is 339. The maximum Gasteiger partial charge on any atom is 0.0794 e. The van der Waals surface area contributed by atoms with E-state index in [0.29, 0.717) is 12.1 Å². The second-order valence-electron chi connectivity index (χ2n) is 5.39. The zero-order chi connectivity index (χ0) is 13.0. The van der Waals surface area contributed by atoms with E-state index < -0.39 is 0 Å². The molecule has 18 heavy (non-hydrogen) atoms. The molecular weight excluding hydrogens is 242 g/mol. The lowest BCUT2D eigenvalue weighted by Crippen LogP contribution is -2.53. The number of likely N-dealkylation sites (tertiary alicyclic amines) is 1. The van der Waals surface area contributed by atoms with Gasteiger partial charge >= 0.3 is 0 Å². The minimum atomic E-state index is 0.648. The maximum absolute atomic E-state index is 4.17. The second kappa shape index (κ2) is 6.64. The van der Waals surface area contributed by atoms with Crippen LogP contribution in [0.4, 0.5) is 0 Å². The zero-order valence-electron chi connectivity index (χ0n) is 11.7. The van der Waals surface area contributed by atoms with Crippen molar-refractivity contribution in [3.8, 4) is 0 Å². The molecule has 0 amide bonds. The Hall–Kier alpha value is -0.450. The summed E-state index contributed by atoms with van der Waals surface area (Å²) < 4.78 is 0. The lowest BCUT2D eigenvalue weighted by Gasteiger charge is -2.43. The molecule has 0 bridgehead atoms. The Labute approximate surface area is 115 Å². The predicted octanol–water partition coefficient (Wildman–Crippen LogP) is 2.74. The van der Waals surface area contributed by atoms with Gasteiger partial charge in [0.1, 0.15) is 0 Å². The van der Waals surface area contributed by atoms with E-state index in [1.165, 1.54) is 24.3 Å². The number of rotatable bonds is 5. The quantitative estimate of drug-likeness (QED) is 0.889. The summed E-state index contributed by atoms with van der Waals surface area (Å²) in [6, 6.07) is 1.34. The Kier molecular flexibility index (Phi) is 5.15. The van der Waals surface area contributed by atoms with Crippen LogP contribution in [0.3, 0.4) is 0 Å². The van der Waals surface area contributed by atoms with Gasteiger partial charge in [-0.2, -0.15) is 0 Å². The summed E-state index contributed by atoms with van der Waals surface area (Å²) in [6.07, 6.45) is 4.50. The van der Waals surface area contributed by atoms with E-state index in [2.05, 4.69) is 36.0 Å². The third-order valence-corrected chi connectivity index (χ3v) is 4.96. The lowest BCUT2D eigenvalue weighted by molar-refractivity contribution is 0.0793. The zero-order valence-corrected chi connectivity index (χ0v) is 12.5. The van der Waals surface area contributed by atoms with Crippen molar-refractivity contribution in [1.82, 2.24) is 15.2 Å². The number of hydrogen-bond acceptors (Lipinski definition) is 4. The van der Waals surface area contributed by atoms with Gasteiger partial charge in [-0.1, -0.05) is 13.8 Å². The summed E-state index contributed by atoms with van der Waals surface area (Å²) in [7, 11) is 0. The highest BCUT2D eigenvalue weighted by Crippen LogP contribution is 2.25. The molecule has 0 radical (unpaired) electrons. The highest BCUT2D eigenvalue weighted by molar-refractivity contribution is 7.09. The number of thiazole rings is 1. The van der Waals surface area contributed by atoms with E-state index in [1.54, 1.807) is 11.3 Å². The minimum Gasteiger partial charge on any atom is -0.314 e. The van der Waals surface area contributed by atoms with Crippen molar-refractivity contribution in [2.45, 2.75) is 52.2 Å². The van der Waals surface area contributed by atoms with E-state index in [-0.39, 0.29) is 0 Å². The van der Waals surface area contributed by atoms with E-state index >= 15 is 0 Å². The van der Waals surface area contributed by atoms with E-state index in [1.807, 2.05) is 11.7 Å². The molecule has 0 spiro atoms. The van der Waals surface area contributed by atoms with Crippen LogP contribution in [0.15, 0.2) is 11.7 Å². The van der Waals surface area contributed by atoms with Crippen LogP contribution in [0.2, 0.25) is 0 Å². The molecule has 4 heteroatoms. The molecule has 3 unspecified atom stereocenters. The Morgan fingerprint density at radius 2 is 2.33 bits per heavy atom. The molecule has 1 aromatic rings. The fourth-order valence-corrected chi connectivity index (χ4v) is 3.42. The normalized spacial score (nSPS) is 29.6. The molecule has 0 aromatic carbocycles. The summed E-state index contributed by atoms with van der Waals surface area (Å²) in [5.74, 6) is 0.721. The number of hydrogen-bond donors (Lipinski definition) is 1. The third kappa shape index (κ3) is 3.31. The van der Waals surface area contributed by atoms with Crippen molar-refractivity contribution in [1.29, 1.82) is 0 Å². The van der Waals surface area contributed by atoms with E-state index in [9.17, 15) is 0 Å². The number of nitrogens with zero attached hydrogens (tertiary/aromatic N) is 2. The standard InChI is InChI=1S/C14H25N3S/c1-4-6-16-14-5-7-17(12(3)11(14)2)9-13-8-15-10-18-13/h8,10-12,14,16H,4-7,9H2,1-3H3. The molecule has 1 aromatic heterocycles. The highest BCUT2D eigenvalue weighted by Gasteiger charge is 2.31. The van der Waals surface area contributed by atoms with Crippen molar-refractivity contribution in [3.05, 3.63) is 16.6 Å². The third-order valence-electron chi connectivity index (χ3n) is 4.20. The molecule has 2 heterocycles.